The van der Waals surface area contributed by atoms with E-state index in [-0.39, 0.29) is 6.04 Å². The lowest BCUT2D eigenvalue weighted by atomic mass is 9.96. The first-order valence-electron chi connectivity index (χ1n) is 6.25. The SMILES string of the molecule is CCCCC(NN)c1ccc(C)c(C)c1OC. The minimum Gasteiger partial charge on any atom is -0.496 e. The van der Waals surface area contributed by atoms with E-state index in [1.807, 2.05) is 0 Å². The highest BCUT2D eigenvalue weighted by Gasteiger charge is 2.16. The summed E-state index contributed by atoms with van der Waals surface area (Å²) in [6.45, 7) is 6.37. The van der Waals surface area contributed by atoms with E-state index in [0.717, 1.165) is 24.2 Å². The number of methoxy groups -OCH3 is 1. The van der Waals surface area contributed by atoms with Crippen LogP contribution in [0.3, 0.4) is 0 Å². The first-order chi connectivity index (χ1) is 8.15. The molecule has 0 spiro atoms. The molecule has 0 amide bonds. The predicted octanol–water partition coefficient (Wildman–Crippen LogP) is 3.01. The number of benzene rings is 1. The first-order valence-corrected chi connectivity index (χ1v) is 6.25. The van der Waals surface area contributed by atoms with E-state index in [9.17, 15) is 0 Å². The fourth-order valence-electron chi connectivity index (χ4n) is 2.09. The van der Waals surface area contributed by atoms with Crippen molar-refractivity contribution in [2.24, 2.45) is 5.84 Å². The van der Waals surface area contributed by atoms with Gasteiger partial charge in [0.05, 0.1) is 7.11 Å². The molecule has 0 aliphatic heterocycles. The van der Waals surface area contributed by atoms with Gasteiger partial charge in [-0.05, 0) is 31.4 Å². The number of rotatable bonds is 6. The lowest BCUT2D eigenvalue weighted by Gasteiger charge is -2.21. The molecule has 0 radical (unpaired) electrons. The summed E-state index contributed by atoms with van der Waals surface area (Å²) < 4.78 is 5.52. The van der Waals surface area contributed by atoms with Gasteiger partial charge in [0.1, 0.15) is 5.75 Å². The lowest BCUT2D eigenvalue weighted by molar-refractivity contribution is 0.390. The van der Waals surface area contributed by atoms with Crippen molar-refractivity contribution in [3.8, 4) is 5.75 Å². The highest BCUT2D eigenvalue weighted by atomic mass is 16.5. The fourth-order valence-corrected chi connectivity index (χ4v) is 2.09. The van der Waals surface area contributed by atoms with Crippen LogP contribution in [0.5, 0.6) is 5.75 Å². The first kappa shape index (κ1) is 14.0. The summed E-state index contributed by atoms with van der Waals surface area (Å²) in [5.74, 6) is 6.61. The smallest absolute Gasteiger partial charge is 0.126 e. The van der Waals surface area contributed by atoms with Crippen LogP contribution in [0, 0.1) is 13.8 Å². The Morgan fingerprint density at radius 3 is 2.59 bits per heavy atom. The summed E-state index contributed by atoms with van der Waals surface area (Å²) in [5, 5.41) is 0. The van der Waals surface area contributed by atoms with Crippen LogP contribution in [0.25, 0.3) is 0 Å². The van der Waals surface area contributed by atoms with Gasteiger partial charge in [0.15, 0.2) is 0 Å². The van der Waals surface area contributed by atoms with E-state index >= 15 is 0 Å². The Balaban J connectivity index is 3.06. The summed E-state index contributed by atoms with van der Waals surface area (Å²) in [4.78, 5) is 0. The molecule has 0 saturated heterocycles. The number of hydrogen-bond acceptors (Lipinski definition) is 3. The number of nitrogens with two attached hydrogens (primary N) is 1. The van der Waals surface area contributed by atoms with Gasteiger partial charge in [0, 0.05) is 11.6 Å². The summed E-state index contributed by atoms with van der Waals surface area (Å²) in [6.07, 6.45) is 3.36. The zero-order valence-electron chi connectivity index (χ0n) is 11.3. The van der Waals surface area contributed by atoms with Crippen LogP contribution in [0.2, 0.25) is 0 Å². The Kier molecular flexibility index (Phi) is 5.45. The Hall–Kier alpha value is -1.06. The number of unbranched alkanes of at least 4 members (excludes halogenated alkanes) is 1. The molecular weight excluding hydrogens is 212 g/mol. The Bertz CT molecular complexity index is 363. The van der Waals surface area contributed by atoms with Crippen molar-refractivity contribution < 1.29 is 4.74 Å². The summed E-state index contributed by atoms with van der Waals surface area (Å²) in [6, 6.07) is 4.41. The molecule has 0 aliphatic rings. The lowest BCUT2D eigenvalue weighted by Crippen LogP contribution is -2.28. The number of nitrogens with one attached hydrogen (secondary N) is 1. The largest absolute Gasteiger partial charge is 0.496 e. The zero-order chi connectivity index (χ0) is 12.8. The fraction of sp³-hybridized carbons (Fsp3) is 0.571. The quantitative estimate of drug-likeness (QED) is 0.589. The molecule has 0 aliphatic carbocycles. The number of aryl methyl sites for hydroxylation is 1. The van der Waals surface area contributed by atoms with Crippen LogP contribution in [0.4, 0.5) is 0 Å². The van der Waals surface area contributed by atoms with Crippen molar-refractivity contribution in [3.63, 3.8) is 0 Å². The minimum atomic E-state index is 0.171. The van der Waals surface area contributed by atoms with E-state index in [4.69, 9.17) is 10.6 Å². The van der Waals surface area contributed by atoms with Crippen molar-refractivity contribution in [3.05, 3.63) is 28.8 Å². The predicted molar refractivity (Wildman–Crippen MR) is 72.1 cm³/mol. The van der Waals surface area contributed by atoms with E-state index in [0.29, 0.717) is 0 Å². The molecule has 3 heteroatoms. The van der Waals surface area contributed by atoms with E-state index < -0.39 is 0 Å². The molecule has 3 N–H and O–H groups in total. The molecule has 1 atom stereocenters. The molecule has 0 bridgehead atoms. The monoisotopic (exact) mass is 236 g/mol. The standard InChI is InChI=1S/C14H24N2O/c1-5-6-7-13(16-15)12-9-8-10(2)11(3)14(12)17-4/h8-9,13,16H,5-7,15H2,1-4H3. The average molecular weight is 236 g/mol. The van der Waals surface area contributed by atoms with Crippen molar-refractivity contribution in [1.82, 2.24) is 5.43 Å². The number of ether oxygens (including phenoxy) is 1. The molecule has 1 aromatic carbocycles. The van der Waals surface area contributed by atoms with Crippen LogP contribution in [0.1, 0.15) is 48.9 Å². The van der Waals surface area contributed by atoms with Crippen molar-refractivity contribution in [2.45, 2.75) is 46.1 Å². The molecule has 3 nitrogen and oxygen atoms in total. The van der Waals surface area contributed by atoms with Crippen molar-refractivity contribution >= 4 is 0 Å². The van der Waals surface area contributed by atoms with Crippen LogP contribution >= 0.6 is 0 Å². The molecule has 0 heterocycles. The Morgan fingerprint density at radius 2 is 2.06 bits per heavy atom. The minimum absolute atomic E-state index is 0.171. The van der Waals surface area contributed by atoms with Gasteiger partial charge >= 0.3 is 0 Å². The molecule has 17 heavy (non-hydrogen) atoms. The second-order valence-corrected chi connectivity index (χ2v) is 4.49. The second-order valence-electron chi connectivity index (χ2n) is 4.49. The highest BCUT2D eigenvalue weighted by molar-refractivity contribution is 5.46. The van der Waals surface area contributed by atoms with Gasteiger partial charge in [-0.3, -0.25) is 11.3 Å². The third-order valence-electron chi connectivity index (χ3n) is 3.33. The maximum atomic E-state index is 5.65. The van der Waals surface area contributed by atoms with Gasteiger partial charge in [-0.1, -0.05) is 31.9 Å². The van der Waals surface area contributed by atoms with Crippen LogP contribution in [0.15, 0.2) is 12.1 Å². The summed E-state index contributed by atoms with van der Waals surface area (Å²) >= 11 is 0. The second kappa shape index (κ2) is 6.62. The van der Waals surface area contributed by atoms with E-state index in [1.54, 1.807) is 7.11 Å². The van der Waals surface area contributed by atoms with Crippen LogP contribution < -0.4 is 16.0 Å². The molecule has 0 saturated carbocycles. The van der Waals surface area contributed by atoms with Gasteiger partial charge in [-0.15, -0.1) is 0 Å². The molecule has 0 aromatic heterocycles. The summed E-state index contributed by atoms with van der Waals surface area (Å²) in [7, 11) is 1.72. The number of hydrazine groups is 1. The molecule has 1 rings (SSSR count). The maximum Gasteiger partial charge on any atom is 0.126 e. The average Bonchev–Trinajstić information content (AvgIpc) is 2.34. The van der Waals surface area contributed by atoms with E-state index in [2.05, 4.69) is 38.3 Å². The topological polar surface area (TPSA) is 47.3 Å². The van der Waals surface area contributed by atoms with Gasteiger partial charge < -0.3 is 4.74 Å². The molecule has 0 fully saturated rings. The maximum absolute atomic E-state index is 5.65. The Morgan fingerprint density at radius 1 is 1.35 bits per heavy atom. The van der Waals surface area contributed by atoms with E-state index in [1.165, 1.54) is 17.5 Å². The third kappa shape index (κ3) is 3.20. The third-order valence-corrected chi connectivity index (χ3v) is 3.33. The normalized spacial score (nSPS) is 12.5. The van der Waals surface area contributed by atoms with Crippen molar-refractivity contribution in [2.75, 3.05) is 7.11 Å². The molecular formula is C14H24N2O. The van der Waals surface area contributed by atoms with Gasteiger partial charge in [0.2, 0.25) is 0 Å². The van der Waals surface area contributed by atoms with Crippen LogP contribution in [-0.4, -0.2) is 7.11 Å². The molecule has 1 unspecified atom stereocenters. The number of hydrogen-bond donors (Lipinski definition) is 2. The molecule has 1 aromatic rings. The van der Waals surface area contributed by atoms with Crippen molar-refractivity contribution in [1.29, 1.82) is 0 Å². The zero-order valence-corrected chi connectivity index (χ0v) is 11.3. The van der Waals surface area contributed by atoms with Gasteiger partial charge in [0.25, 0.3) is 0 Å². The molecule has 96 valence electrons. The highest BCUT2D eigenvalue weighted by Crippen LogP contribution is 2.32. The summed E-state index contributed by atoms with van der Waals surface area (Å²) in [5.41, 5.74) is 6.50. The van der Waals surface area contributed by atoms with Gasteiger partial charge in [-0.25, -0.2) is 0 Å². The van der Waals surface area contributed by atoms with Crippen LogP contribution in [-0.2, 0) is 0 Å². The Labute approximate surface area is 104 Å². The van der Waals surface area contributed by atoms with Gasteiger partial charge in [-0.2, -0.15) is 0 Å².